The molecular weight excluding hydrogens is 212 g/mol. The number of rotatable bonds is 5. The van der Waals surface area contributed by atoms with Crippen molar-refractivity contribution < 1.29 is 0 Å². The molecule has 0 radical (unpaired) electrons. The largest absolute Gasteiger partial charge is 0.356 e. The quantitative estimate of drug-likeness (QED) is 0.782. The van der Waals surface area contributed by atoms with Gasteiger partial charge in [-0.05, 0) is 17.9 Å². The first-order valence-electron chi connectivity index (χ1n) is 6.01. The molecule has 0 N–H and O–H groups in total. The van der Waals surface area contributed by atoms with E-state index < -0.39 is 0 Å². The summed E-state index contributed by atoms with van der Waals surface area (Å²) in [6.07, 6.45) is 1.65. The predicted molar refractivity (Wildman–Crippen MR) is 68.6 cm³/mol. The minimum absolute atomic E-state index is 0.236. The lowest BCUT2D eigenvalue weighted by Crippen LogP contribution is -2.32. The van der Waals surface area contributed by atoms with Crippen LogP contribution in [0.5, 0.6) is 0 Å². The van der Waals surface area contributed by atoms with Crippen molar-refractivity contribution in [2.45, 2.75) is 27.7 Å². The molecule has 92 valence electrons. The molecule has 0 atom stereocenters. The van der Waals surface area contributed by atoms with E-state index in [0.29, 0.717) is 11.8 Å². The smallest absolute Gasteiger partial charge is 0.234 e. The van der Waals surface area contributed by atoms with E-state index in [1.807, 2.05) is 12.1 Å². The average Bonchev–Trinajstić information content (AvgIpc) is 2.27. The van der Waals surface area contributed by atoms with E-state index in [-0.39, 0.29) is 5.82 Å². The van der Waals surface area contributed by atoms with E-state index in [9.17, 15) is 0 Å². The average molecular weight is 232 g/mol. The van der Waals surface area contributed by atoms with Gasteiger partial charge in [0.2, 0.25) is 5.82 Å². The second kappa shape index (κ2) is 6.19. The first-order chi connectivity index (χ1) is 8.02. The molecule has 0 fully saturated rings. The van der Waals surface area contributed by atoms with Gasteiger partial charge >= 0.3 is 0 Å². The summed E-state index contributed by atoms with van der Waals surface area (Å²) in [5.41, 5.74) is 0. The zero-order valence-electron chi connectivity index (χ0n) is 11.0. The second-order valence-electron chi connectivity index (χ2n) is 5.04. The Kier molecular flexibility index (Phi) is 4.89. The van der Waals surface area contributed by atoms with Crippen molar-refractivity contribution in [2.24, 2.45) is 11.8 Å². The summed E-state index contributed by atoms with van der Waals surface area (Å²) in [6, 6.07) is 3.85. The first-order valence-corrected chi connectivity index (χ1v) is 6.01. The van der Waals surface area contributed by atoms with Gasteiger partial charge in [-0.3, -0.25) is 0 Å². The van der Waals surface area contributed by atoms with E-state index in [1.54, 1.807) is 6.20 Å². The van der Waals surface area contributed by atoms with E-state index in [1.165, 1.54) is 0 Å². The Hall–Kier alpha value is -1.63. The molecule has 4 nitrogen and oxygen atoms in total. The van der Waals surface area contributed by atoms with Crippen LogP contribution in [0.4, 0.5) is 5.82 Å². The molecule has 0 spiro atoms. The molecule has 4 heteroatoms. The highest BCUT2D eigenvalue weighted by molar-refractivity contribution is 5.39. The Balaban J connectivity index is 2.91. The molecule has 1 aromatic heterocycles. The maximum Gasteiger partial charge on any atom is 0.234 e. The molecular formula is C13H20N4. The highest BCUT2D eigenvalue weighted by Gasteiger charge is 2.12. The number of hydrogen-bond acceptors (Lipinski definition) is 4. The van der Waals surface area contributed by atoms with Crippen molar-refractivity contribution in [1.29, 1.82) is 5.26 Å². The van der Waals surface area contributed by atoms with Gasteiger partial charge < -0.3 is 4.90 Å². The number of nitrogens with zero attached hydrogens (tertiary/aromatic N) is 4. The lowest BCUT2D eigenvalue weighted by molar-refractivity contribution is 0.548. The number of anilines is 1. The fraction of sp³-hybridized carbons (Fsp3) is 0.615. The highest BCUT2D eigenvalue weighted by Crippen LogP contribution is 2.14. The molecule has 0 unspecified atom stereocenters. The lowest BCUT2D eigenvalue weighted by Gasteiger charge is -2.27. The Labute approximate surface area is 103 Å². The van der Waals surface area contributed by atoms with Crippen LogP contribution >= 0.6 is 0 Å². The van der Waals surface area contributed by atoms with Gasteiger partial charge in [0.15, 0.2) is 0 Å². The third-order valence-corrected chi connectivity index (χ3v) is 2.24. The molecule has 0 saturated carbocycles. The van der Waals surface area contributed by atoms with Crippen LogP contribution in [-0.4, -0.2) is 23.1 Å². The summed E-state index contributed by atoms with van der Waals surface area (Å²) in [5, 5.41) is 8.81. The lowest BCUT2D eigenvalue weighted by atomic mass is 10.1. The van der Waals surface area contributed by atoms with Crippen LogP contribution in [0.3, 0.4) is 0 Å². The minimum Gasteiger partial charge on any atom is -0.356 e. The molecule has 17 heavy (non-hydrogen) atoms. The second-order valence-corrected chi connectivity index (χ2v) is 5.04. The van der Waals surface area contributed by atoms with E-state index in [2.05, 4.69) is 42.6 Å². The monoisotopic (exact) mass is 232 g/mol. The van der Waals surface area contributed by atoms with Gasteiger partial charge in [0.05, 0.1) is 0 Å². The number of aromatic nitrogens is 2. The maximum absolute atomic E-state index is 8.81. The fourth-order valence-electron chi connectivity index (χ4n) is 1.72. The highest BCUT2D eigenvalue weighted by atomic mass is 15.2. The third kappa shape index (κ3) is 4.39. The number of nitriles is 1. The van der Waals surface area contributed by atoms with Crippen LogP contribution in [0.1, 0.15) is 33.5 Å². The molecule has 1 aromatic rings. The summed E-state index contributed by atoms with van der Waals surface area (Å²) in [4.78, 5) is 10.4. The first kappa shape index (κ1) is 13.4. The Morgan fingerprint density at radius 3 is 2.29 bits per heavy atom. The molecule has 0 amide bonds. The standard InChI is InChI=1S/C13H20N4/c1-10(2)8-17(9-11(3)4)13-5-6-15-12(7-14)16-13/h5-6,10-11H,8-9H2,1-4H3. The van der Waals surface area contributed by atoms with Gasteiger partial charge in [0.1, 0.15) is 11.9 Å². The van der Waals surface area contributed by atoms with Crippen LogP contribution in [0.2, 0.25) is 0 Å². The van der Waals surface area contributed by atoms with Gasteiger partial charge in [0, 0.05) is 19.3 Å². The third-order valence-electron chi connectivity index (χ3n) is 2.24. The predicted octanol–water partition coefficient (Wildman–Crippen LogP) is 2.47. The summed E-state index contributed by atoms with van der Waals surface area (Å²) in [6.45, 7) is 10.6. The van der Waals surface area contributed by atoms with Gasteiger partial charge in [0.25, 0.3) is 0 Å². The summed E-state index contributed by atoms with van der Waals surface area (Å²) in [5.74, 6) is 2.21. The van der Waals surface area contributed by atoms with Gasteiger partial charge in [-0.2, -0.15) is 5.26 Å². The molecule has 0 aliphatic carbocycles. The fourth-order valence-corrected chi connectivity index (χ4v) is 1.72. The zero-order valence-corrected chi connectivity index (χ0v) is 11.0. The van der Waals surface area contributed by atoms with Crippen LogP contribution < -0.4 is 4.90 Å². The van der Waals surface area contributed by atoms with E-state index in [4.69, 9.17) is 5.26 Å². The van der Waals surface area contributed by atoms with Crippen molar-refractivity contribution in [2.75, 3.05) is 18.0 Å². The van der Waals surface area contributed by atoms with Crippen LogP contribution in [-0.2, 0) is 0 Å². The van der Waals surface area contributed by atoms with Crippen molar-refractivity contribution >= 4 is 5.82 Å². The van der Waals surface area contributed by atoms with Crippen molar-refractivity contribution in [3.63, 3.8) is 0 Å². The molecule has 1 rings (SSSR count). The molecule has 0 aromatic carbocycles. The van der Waals surface area contributed by atoms with E-state index >= 15 is 0 Å². The normalized spacial score (nSPS) is 10.6. The number of hydrogen-bond donors (Lipinski definition) is 0. The van der Waals surface area contributed by atoms with Crippen molar-refractivity contribution in [1.82, 2.24) is 9.97 Å². The van der Waals surface area contributed by atoms with Gasteiger partial charge in [-0.15, -0.1) is 0 Å². The van der Waals surface area contributed by atoms with E-state index in [0.717, 1.165) is 18.9 Å². The van der Waals surface area contributed by atoms with Crippen molar-refractivity contribution in [3.05, 3.63) is 18.1 Å². The van der Waals surface area contributed by atoms with Crippen LogP contribution in [0, 0.1) is 23.2 Å². The van der Waals surface area contributed by atoms with Crippen molar-refractivity contribution in [3.8, 4) is 6.07 Å². The zero-order chi connectivity index (χ0) is 12.8. The maximum atomic E-state index is 8.81. The Bertz CT molecular complexity index is 383. The summed E-state index contributed by atoms with van der Waals surface area (Å²) in [7, 11) is 0. The Morgan fingerprint density at radius 1 is 1.24 bits per heavy atom. The van der Waals surface area contributed by atoms with Crippen LogP contribution in [0.25, 0.3) is 0 Å². The Morgan fingerprint density at radius 2 is 1.82 bits per heavy atom. The van der Waals surface area contributed by atoms with Crippen LogP contribution in [0.15, 0.2) is 12.3 Å². The minimum atomic E-state index is 0.236. The molecule has 0 bridgehead atoms. The summed E-state index contributed by atoms with van der Waals surface area (Å²) >= 11 is 0. The molecule has 0 aliphatic rings. The molecule has 0 aliphatic heterocycles. The van der Waals surface area contributed by atoms with Gasteiger partial charge in [-0.1, -0.05) is 27.7 Å². The van der Waals surface area contributed by atoms with Gasteiger partial charge in [-0.25, -0.2) is 9.97 Å². The summed E-state index contributed by atoms with van der Waals surface area (Å²) < 4.78 is 0. The molecule has 1 heterocycles. The molecule has 0 saturated heterocycles. The SMILES string of the molecule is CC(C)CN(CC(C)C)c1ccnc(C#N)n1. The topological polar surface area (TPSA) is 52.8 Å².